The van der Waals surface area contributed by atoms with Crippen molar-refractivity contribution in [2.45, 2.75) is 175 Å². The average molecular weight is 915 g/mol. The van der Waals surface area contributed by atoms with Crippen LogP contribution in [0.5, 0.6) is 0 Å². The Hall–Kier alpha value is -5.55. The van der Waals surface area contributed by atoms with E-state index < -0.39 is 0 Å². The van der Waals surface area contributed by atoms with Crippen molar-refractivity contribution in [1.82, 2.24) is 0 Å². The molecular weight excluding hydrogens is 840 g/mol. The first-order valence-corrected chi connectivity index (χ1v) is 26.2. The smallest absolute Gasteiger partial charge is 0.338 e. The van der Waals surface area contributed by atoms with Gasteiger partial charge >= 0.3 is 5.97 Å². The summed E-state index contributed by atoms with van der Waals surface area (Å²) in [5.74, 6) is 0.214. The van der Waals surface area contributed by atoms with Crippen LogP contribution in [0.3, 0.4) is 0 Å². The molecule has 4 nitrogen and oxygen atoms in total. The standard InChI is InChI=1S/C64H75BN2O2/c1-61(2,3)47-34-48(62(4,5)6)37-51(36-47)66-55-31-45(42-23-17-14-18-24-42)27-28-53(55)65-54-29-43-25-19-20-26-44(43)30-56(54)67(52-38-49(63(7,8)9)35-50(39-52)64(10,11)12)58-33-46(32-57(66)59(58)65)60(68)69-40-41-21-15-13-16-22-41/h13,15-16,21-22,27-39,42H,14,17-20,23-26,40H2,1-12H3. The second-order valence-corrected chi connectivity index (χ2v) is 25.2. The third-order valence-electron chi connectivity index (χ3n) is 15.9. The summed E-state index contributed by atoms with van der Waals surface area (Å²) < 4.78 is 6.32. The van der Waals surface area contributed by atoms with Crippen LogP contribution >= 0.6 is 0 Å². The minimum Gasteiger partial charge on any atom is -0.457 e. The summed E-state index contributed by atoms with van der Waals surface area (Å²) in [7, 11) is 0. The van der Waals surface area contributed by atoms with Gasteiger partial charge in [-0.25, -0.2) is 4.79 Å². The zero-order valence-corrected chi connectivity index (χ0v) is 43.8. The van der Waals surface area contributed by atoms with Crippen molar-refractivity contribution in [2.75, 3.05) is 9.80 Å². The van der Waals surface area contributed by atoms with Crippen LogP contribution in [-0.2, 0) is 45.8 Å². The summed E-state index contributed by atoms with van der Waals surface area (Å²) in [6, 6.07) is 41.7. The number of nitrogens with zero attached hydrogens (tertiary/aromatic N) is 2. The first kappa shape index (κ1) is 47.1. The van der Waals surface area contributed by atoms with Gasteiger partial charge in [0.25, 0.3) is 6.71 Å². The molecule has 0 N–H and O–H groups in total. The number of esters is 1. The van der Waals surface area contributed by atoms with Crippen LogP contribution in [-0.4, -0.2) is 12.7 Å². The summed E-state index contributed by atoms with van der Waals surface area (Å²) >= 11 is 0. The van der Waals surface area contributed by atoms with Gasteiger partial charge in [0.05, 0.1) is 5.56 Å². The van der Waals surface area contributed by atoms with Crippen LogP contribution in [0.4, 0.5) is 34.1 Å². The predicted molar refractivity (Wildman–Crippen MR) is 293 cm³/mol. The molecule has 10 rings (SSSR count). The molecule has 0 spiro atoms. The van der Waals surface area contributed by atoms with E-state index in [1.165, 1.54) is 112 Å². The lowest BCUT2D eigenvalue weighted by Crippen LogP contribution is -2.61. The average Bonchev–Trinajstić information content (AvgIpc) is 3.31. The van der Waals surface area contributed by atoms with Crippen LogP contribution in [0.2, 0.25) is 0 Å². The highest BCUT2D eigenvalue weighted by atomic mass is 16.5. The summed E-state index contributed by atoms with van der Waals surface area (Å²) in [6.45, 7) is 28.1. The maximum Gasteiger partial charge on any atom is 0.338 e. The number of rotatable bonds is 6. The monoisotopic (exact) mass is 915 g/mol. The fourth-order valence-electron chi connectivity index (χ4n) is 11.6. The summed E-state index contributed by atoms with van der Waals surface area (Å²) in [5, 5.41) is 0. The van der Waals surface area contributed by atoms with Gasteiger partial charge in [-0.2, -0.15) is 0 Å². The molecular formula is C64H75BN2O2. The molecule has 69 heavy (non-hydrogen) atoms. The second-order valence-electron chi connectivity index (χ2n) is 25.2. The zero-order chi connectivity index (χ0) is 48.8. The molecule has 1 saturated carbocycles. The SMILES string of the molecule is CC(C)(C)c1cc(N2c3cc(C4CCCCC4)ccc3B3c4cc5c(cc4N(c4cc(C(C)(C)C)cc(C(C)(C)C)c4)c4cc(C(=O)OCc6ccccc6)cc2c43)CCCC5)cc(C(C)(C)C)c1. The first-order chi connectivity index (χ1) is 32.6. The molecule has 0 atom stereocenters. The van der Waals surface area contributed by atoms with Crippen molar-refractivity contribution in [3.63, 3.8) is 0 Å². The number of carbonyl (C=O) groups excluding carboxylic acids is 1. The lowest BCUT2D eigenvalue weighted by Gasteiger charge is -2.45. The van der Waals surface area contributed by atoms with E-state index in [4.69, 9.17) is 4.74 Å². The van der Waals surface area contributed by atoms with E-state index >= 15 is 0 Å². The molecule has 0 aromatic heterocycles. The van der Waals surface area contributed by atoms with Crippen molar-refractivity contribution >= 4 is 63.2 Å². The number of anilines is 6. The van der Waals surface area contributed by atoms with Gasteiger partial charge in [0, 0.05) is 34.1 Å². The Morgan fingerprint density at radius 3 is 1.52 bits per heavy atom. The molecule has 2 aliphatic heterocycles. The molecule has 6 aromatic rings. The molecule has 356 valence electrons. The molecule has 2 heterocycles. The third kappa shape index (κ3) is 8.98. The van der Waals surface area contributed by atoms with Gasteiger partial charge in [-0.05, 0) is 176 Å². The lowest BCUT2D eigenvalue weighted by molar-refractivity contribution is 0.0472. The topological polar surface area (TPSA) is 32.8 Å². The van der Waals surface area contributed by atoms with Gasteiger partial charge in [0.1, 0.15) is 6.61 Å². The molecule has 0 amide bonds. The van der Waals surface area contributed by atoms with Crippen LogP contribution in [0.15, 0.2) is 109 Å². The Bertz CT molecular complexity index is 2880. The van der Waals surface area contributed by atoms with Crippen LogP contribution < -0.4 is 26.2 Å². The quantitative estimate of drug-likeness (QED) is 0.123. The highest BCUT2D eigenvalue weighted by Gasteiger charge is 2.45. The van der Waals surface area contributed by atoms with E-state index in [0.29, 0.717) is 11.5 Å². The van der Waals surface area contributed by atoms with Gasteiger partial charge in [-0.3, -0.25) is 0 Å². The van der Waals surface area contributed by atoms with E-state index in [-0.39, 0.29) is 40.9 Å². The predicted octanol–water partition coefficient (Wildman–Crippen LogP) is 15.2. The van der Waals surface area contributed by atoms with E-state index in [2.05, 4.69) is 172 Å². The Balaban J connectivity index is 1.32. The van der Waals surface area contributed by atoms with E-state index in [9.17, 15) is 4.79 Å². The van der Waals surface area contributed by atoms with Gasteiger partial charge in [-0.15, -0.1) is 0 Å². The van der Waals surface area contributed by atoms with Gasteiger partial charge in [-0.1, -0.05) is 163 Å². The van der Waals surface area contributed by atoms with Crippen LogP contribution in [0.1, 0.15) is 189 Å². The minimum absolute atomic E-state index is 0.0460. The summed E-state index contributed by atoms with van der Waals surface area (Å²) in [6.07, 6.45) is 10.9. The van der Waals surface area contributed by atoms with Crippen molar-refractivity contribution in [2.24, 2.45) is 0 Å². The largest absolute Gasteiger partial charge is 0.457 e. The molecule has 0 unspecified atom stereocenters. The van der Waals surface area contributed by atoms with Gasteiger partial charge < -0.3 is 14.5 Å². The third-order valence-corrected chi connectivity index (χ3v) is 15.9. The van der Waals surface area contributed by atoms with Gasteiger partial charge in [0.2, 0.25) is 0 Å². The number of carbonyl (C=O) groups is 1. The number of fused-ring (bicyclic) bond motifs is 5. The first-order valence-electron chi connectivity index (χ1n) is 26.2. The second kappa shape index (κ2) is 17.4. The Morgan fingerprint density at radius 1 is 0.522 bits per heavy atom. The molecule has 2 aliphatic carbocycles. The van der Waals surface area contributed by atoms with Crippen molar-refractivity contribution in [3.05, 3.63) is 159 Å². The maximum absolute atomic E-state index is 15.0. The molecule has 1 fully saturated rings. The number of benzene rings is 6. The summed E-state index contributed by atoms with van der Waals surface area (Å²) in [5.41, 5.74) is 21.5. The maximum atomic E-state index is 15.0. The number of hydrogen-bond acceptors (Lipinski definition) is 4. The Labute approximate surface area is 415 Å². The number of ether oxygens (including phenoxy) is 1. The van der Waals surface area contributed by atoms with Crippen molar-refractivity contribution in [1.29, 1.82) is 0 Å². The van der Waals surface area contributed by atoms with Crippen LogP contribution in [0.25, 0.3) is 0 Å². The normalized spacial score (nSPS) is 16.1. The van der Waals surface area contributed by atoms with E-state index in [1.807, 2.05) is 30.3 Å². The van der Waals surface area contributed by atoms with Crippen LogP contribution in [0, 0.1) is 0 Å². The molecule has 5 heteroatoms. The Kier molecular flexibility index (Phi) is 11.9. The fourth-order valence-corrected chi connectivity index (χ4v) is 11.6. The molecule has 0 saturated heterocycles. The molecule has 4 aliphatic rings. The van der Waals surface area contributed by atoms with Crippen molar-refractivity contribution in [3.8, 4) is 0 Å². The Morgan fingerprint density at radius 2 is 1.01 bits per heavy atom. The van der Waals surface area contributed by atoms with E-state index in [1.54, 1.807) is 0 Å². The lowest BCUT2D eigenvalue weighted by atomic mass is 9.33. The van der Waals surface area contributed by atoms with Gasteiger partial charge in [0.15, 0.2) is 0 Å². The highest BCUT2D eigenvalue weighted by molar-refractivity contribution is 7.00. The molecule has 0 radical (unpaired) electrons. The summed E-state index contributed by atoms with van der Waals surface area (Å²) in [4.78, 5) is 20.1. The fraction of sp³-hybridized carbons (Fsp3) is 0.422. The van der Waals surface area contributed by atoms with E-state index in [0.717, 1.165) is 41.2 Å². The zero-order valence-electron chi connectivity index (χ0n) is 43.8. The van der Waals surface area contributed by atoms with Crippen molar-refractivity contribution < 1.29 is 9.53 Å². The minimum atomic E-state index is -0.315. The number of aryl methyl sites for hydroxylation is 2. The molecule has 6 aromatic carbocycles. The molecule has 0 bridgehead atoms. The number of hydrogen-bond donors (Lipinski definition) is 0. The highest BCUT2D eigenvalue weighted by Crippen LogP contribution is 2.49.